The molecule has 1 N–H and O–H groups in total. The summed E-state index contributed by atoms with van der Waals surface area (Å²) in [6.07, 6.45) is 1.47. The van der Waals surface area contributed by atoms with E-state index in [0.717, 1.165) is 5.56 Å². The Labute approximate surface area is 127 Å². The largest absolute Gasteiger partial charge is 0.310 e. The second kappa shape index (κ2) is 7.15. The zero-order valence-electron chi connectivity index (χ0n) is 11.5. The molecule has 21 heavy (non-hydrogen) atoms. The molecule has 0 unspecified atom stereocenters. The fraction of sp³-hybridized carbons (Fsp3) is 0.200. The van der Waals surface area contributed by atoms with E-state index in [1.165, 1.54) is 18.3 Å². The predicted molar refractivity (Wildman–Crippen MR) is 80.6 cm³/mol. The molecule has 0 bridgehead atoms. The minimum atomic E-state index is -0.282. The fourth-order valence-electron chi connectivity index (χ4n) is 1.88. The SMILES string of the molecule is CN(CC(=O)Nc1ccc(Cl)cn1)Cc1cccc(F)c1. The van der Waals surface area contributed by atoms with Gasteiger partial charge in [0.05, 0.1) is 11.6 Å². The Balaban J connectivity index is 1.86. The third kappa shape index (κ3) is 5.13. The first-order chi connectivity index (χ1) is 10.0. The average Bonchev–Trinajstić information content (AvgIpc) is 2.41. The first-order valence-electron chi connectivity index (χ1n) is 6.37. The number of hydrogen-bond acceptors (Lipinski definition) is 3. The maximum Gasteiger partial charge on any atom is 0.239 e. The molecule has 2 rings (SSSR count). The topological polar surface area (TPSA) is 45.2 Å². The summed E-state index contributed by atoms with van der Waals surface area (Å²) in [5.74, 6) is -0.0250. The van der Waals surface area contributed by atoms with Crippen molar-refractivity contribution in [2.45, 2.75) is 6.54 Å². The Hall–Kier alpha value is -1.98. The van der Waals surface area contributed by atoms with Crippen LogP contribution in [0.25, 0.3) is 0 Å². The van der Waals surface area contributed by atoms with Gasteiger partial charge >= 0.3 is 0 Å². The second-order valence-electron chi connectivity index (χ2n) is 4.71. The molecule has 0 radical (unpaired) electrons. The zero-order valence-corrected chi connectivity index (χ0v) is 12.3. The van der Waals surface area contributed by atoms with Crippen LogP contribution in [-0.2, 0) is 11.3 Å². The van der Waals surface area contributed by atoms with Crippen molar-refractivity contribution < 1.29 is 9.18 Å². The van der Waals surface area contributed by atoms with E-state index in [1.54, 1.807) is 30.1 Å². The van der Waals surface area contributed by atoms with Gasteiger partial charge in [-0.15, -0.1) is 0 Å². The average molecular weight is 308 g/mol. The number of amides is 1. The van der Waals surface area contributed by atoms with Crippen LogP contribution in [0.15, 0.2) is 42.6 Å². The van der Waals surface area contributed by atoms with Gasteiger partial charge in [0.2, 0.25) is 5.91 Å². The molecule has 110 valence electrons. The molecular weight excluding hydrogens is 293 g/mol. The lowest BCUT2D eigenvalue weighted by Crippen LogP contribution is -2.30. The lowest BCUT2D eigenvalue weighted by Gasteiger charge is -2.16. The highest BCUT2D eigenvalue weighted by Crippen LogP contribution is 2.10. The van der Waals surface area contributed by atoms with E-state index >= 15 is 0 Å². The summed E-state index contributed by atoms with van der Waals surface area (Å²) in [7, 11) is 1.79. The van der Waals surface area contributed by atoms with E-state index in [9.17, 15) is 9.18 Å². The molecule has 1 aromatic carbocycles. The molecule has 0 aliphatic heterocycles. The van der Waals surface area contributed by atoms with Crippen molar-refractivity contribution in [2.75, 3.05) is 18.9 Å². The van der Waals surface area contributed by atoms with E-state index in [1.807, 2.05) is 6.07 Å². The highest BCUT2D eigenvalue weighted by atomic mass is 35.5. The lowest BCUT2D eigenvalue weighted by atomic mass is 10.2. The van der Waals surface area contributed by atoms with E-state index in [0.29, 0.717) is 17.4 Å². The zero-order chi connectivity index (χ0) is 15.2. The Kier molecular flexibility index (Phi) is 5.25. The molecule has 4 nitrogen and oxygen atoms in total. The number of hydrogen-bond donors (Lipinski definition) is 1. The van der Waals surface area contributed by atoms with Gasteiger partial charge in [-0.05, 0) is 36.9 Å². The number of likely N-dealkylation sites (N-methyl/N-ethyl adjacent to an activating group) is 1. The van der Waals surface area contributed by atoms with Crippen molar-refractivity contribution in [1.82, 2.24) is 9.88 Å². The Morgan fingerprint density at radius 3 is 2.86 bits per heavy atom. The van der Waals surface area contributed by atoms with Crippen molar-refractivity contribution in [1.29, 1.82) is 0 Å². The van der Waals surface area contributed by atoms with E-state index in [4.69, 9.17) is 11.6 Å². The van der Waals surface area contributed by atoms with Gasteiger partial charge < -0.3 is 5.32 Å². The highest BCUT2D eigenvalue weighted by Gasteiger charge is 2.08. The van der Waals surface area contributed by atoms with Crippen LogP contribution >= 0.6 is 11.6 Å². The van der Waals surface area contributed by atoms with E-state index in [-0.39, 0.29) is 18.3 Å². The Morgan fingerprint density at radius 2 is 2.19 bits per heavy atom. The minimum absolute atomic E-state index is 0.181. The van der Waals surface area contributed by atoms with Gasteiger partial charge in [0.25, 0.3) is 0 Å². The molecule has 2 aromatic rings. The number of nitrogens with zero attached hydrogens (tertiary/aromatic N) is 2. The summed E-state index contributed by atoms with van der Waals surface area (Å²) >= 11 is 5.72. The molecule has 0 saturated carbocycles. The summed E-state index contributed by atoms with van der Waals surface area (Å²) < 4.78 is 13.1. The van der Waals surface area contributed by atoms with Crippen molar-refractivity contribution in [3.05, 3.63) is 59.0 Å². The number of halogens is 2. The van der Waals surface area contributed by atoms with Crippen LogP contribution in [0.1, 0.15) is 5.56 Å². The second-order valence-corrected chi connectivity index (χ2v) is 5.15. The van der Waals surface area contributed by atoms with Crippen LogP contribution < -0.4 is 5.32 Å². The van der Waals surface area contributed by atoms with Gasteiger partial charge in [0.1, 0.15) is 11.6 Å². The number of nitrogens with one attached hydrogen (secondary N) is 1. The van der Waals surface area contributed by atoms with Gasteiger partial charge in [-0.3, -0.25) is 9.69 Å². The van der Waals surface area contributed by atoms with Crippen LogP contribution in [0.5, 0.6) is 0 Å². The van der Waals surface area contributed by atoms with Crippen LogP contribution in [0.3, 0.4) is 0 Å². The van der Waals surface area contributed by atoms with E-state index < -0.39 is 0 Å². The predicted octanol–water partition coefficient (Wildman–Crippen LogP) is 2.94. The number of carbonyl (C=O) groups excluding carboxylic acids is 1. The Bertz CT molecular complexity index is 619. The van der Waals surface area contributed by atoms with Crippen LogP contribution in [-0.4, -0.2) is 29.4 Å². The van der Waals surface area contributed by atoms with Gasteiger partial charge in [-0.1, -0.05) is 23.7 Å². The van der Waals surface area contributed by atoms with Gasteiger partial charge in [-0.2, -0.15) is 0 Å². The maximum absolute atomic E-state index is 13.1. The number of rotatable bonds is 5. The number of pyridine rings is 1. The fourth-order valence-corrected chi connectivity index (χ4v) is 1.99. The summed E-state index contributed by atoms with van der Waals surface area (Å²) in [4.78, 5) is 17.6. The molecular formula is C15H15ClFN3O. The van der Waals surface area contributed by atoms with Gasteiger partial charge in [-0.25, -0.2) is 9.37 Å². The van der Waals surface area contributed by atoms with E-state index in [2.05, 4.69) is 10.3 Å². The summed E-state index contributed by atoms with van der Waals surface area (Å²) in [5.41, 5.74) is 0.815. The maximum atomic E-state index is 13.1. The van der Waals surface area contributed by atoms with Crippen molar-refractivity contribution >= 4 is 23.3 Å². The van der Waals surface area contributed by atoms with Crippen molar-refractivity contribution in [3.8, 4) is 0 Å². The third-order valence-corrected chi connectivity index (χ3v) is 2.97. The highest BCUT2D eigenvalue weighted by molar-refractivity contribution is 6.30. The summed E-state index contributed by atoms with van der Waals surface area (Å²) in [5, 5.41) is 3.18. The Morgan fingerprint density at radius 1 is 1.38 bits per heavy atom. The van der Waals surface area contributed by atoms with Gasteiger partial charge in [0, 0.05) is 12.7 Å². The summed E-state index contributed by atoms with van der Waals surface area (Å²) in [6.45, 7) is 0.667. The monoisotopic (exact) mass is 307 g/mol. The number of carbonyl (C=O) groups is 1. The summed E-state index contributed by atoms with van der Waals surface area (Å²) in [6, 6.07) is 9.60. The van der Waals surface area contributed by atoms with Crippen LogP contribution in [0.2, 0.25) is 5.02 Å². The van der Waals surface area contributed by atoms with Gasteiger partial charge in [0.15, 0.2) is 0 Å². The molecule has 0 aliphatic rings. The number of anilines is 1. The number of aromatic nitrogens is 1. The molecule has 0 fully saturated rings. The van der Waals surface area contributed by atoms with Crippen molar-refractivity contribution in [2.24, 2.45) is 0 Å². The molecule has 1 heterocycles. The normalized spacial score (nSPS) is 10.7. The molecule has 0 saturated heterocycles. The molecule has 0 aliphatic carbocycles. The minimum Gasteiger partial charge on any atom is -0.310 e. The van der Waals surface area contributed by atoms with Crippen molar-refractivity contribution in [3.63, 3.8) is 0 Å². The first kappa shape index (κ1) is 15.4. The lowest BCUT2D eigenvalue weighted by molar-refractivity contribution is -0.117. The quantitative estimate of drug-likeness (QED) is 0.924. The standard InChI is InChI=1S/C15H15ClFN3O/c1-20(9-11-3-2-4-13(17)7-11)10-15(21)19-14-6-5-12(16)8-18-14/h2-8H,9-10H2,1H3,(H,18,19,21). The molecule has 6 heteroatoms. The van der Waals surface area contributed by atoms with Crippen LogP contribution in [0.4, 0.5) is 10.2 Å². The molecule has 0 atom stereocenters. The third-order valence-electron chi connectivity index (χ3n) is 2.75. The molecule has 1 amide bonds. The molecule has 0 spiro atoms. The first-order valence-corrected chi connectivity index (χ1v) is 6.75. The number of benzene rings is 1. The smallest absolute Gasteiger partial charge is 0.239 e. The molecule has 1 aromatic heterocycles. The van der Waals surface area contributed by atoms with Crippen LogP contribution in [0, 0.1) is 5.82 Å².